The lowest BCUT2D eigenvalue weighted by Gasteiger charge is -2.09. The Labute approximate surface area is 200 Å². The van der Waals surface area contributed by atoms with Gasteiger partial charge in [-0.05, 0) is 42.0 Å². The molecule has 0 radical (unpaired) electrons. The Balaban J connectivity index is 1.49. The van der Waals surface area contributed by atoms with E-state index in [1.807, 2.05) is 79.0 Å². The molecule has 8 heteroatoms. The standard InChI is InChI=1S/C26H22N4O3S/c1-32-21-13-12-17(14-22(21)33-2)19-16-30(18-8-4-3-5-9-18)29-25(19)26(31)27-15-24-28-20-10-6-7-11-23(20)34-24/h3-14,16H,15H2,1-2H3,(H,27,31). The number of aromatic nitrogens is 3. The Hall–Kier alpha value is -4.17. The van der Waals surface area contributed by atoms with E-state index in [0.717, 1.165) is 26.5 Å². The fourth-order valence-electron chi connectivity index (χ4n) is 3.70. The minimum atomic E-state index is -0.279. The number of ether oxygens (including phenoxy) is 2. The lowest BCUT2D eigenvalue weighted by atomic mass is 10.1. The molecular weight excluding hydrogens is 448 g/mol. The highest BCUT2D eigenvalue weighted by Crippen LogP contribution is 2.34. The number of para-hydroxylation sites is 2. The molecular formula is C26H22N4O3S. The van der Waals surface area contributed by atoms with Gasteiger partial charge in [0.2, 0.25) is 0 Å². The molecule has 0 saturated heterocycles. The SMILES string of the molecule is COc1ccc(-c2cn(-c3ccccc3)nc2C(=O)NCc2nc3ccccc3s2)cc1OC. The first-order valence-corrected chi connectivity index (χ1v) is 11.5. The molecule has 2 heterocycles. The zero-order chi connectivity index (χ0) is 23.5. The number of rotatable bonds is 7. The number of amides is 1. The molecule has 0 atom stereocenters. The van der Waals surface area contributed by atoms with Crippen molar-refractivity contribution < 1.29 is 14.3 Å². The second-order valence-electron chi connectivity index (χ2n) is 7.50. The smallest absolute Gasteiger partial charge is 0.272 e. The predicted molar refractivity (Wildman–Crippen MR) is 133 cm³/mol. The van der Waals surface area contributed by atoms with Crippen LogP contribution in [0.3, 0.4) is 0 Å². The second kappa shape index (κ2) is 9.36. The van der Waals surface area contributed by atoms with Crippen LogP contribution in [0.1, 0.15) is 15.5 Å². The zero-order valence-electron chi connectivity index (χ0n) is 18.7. The summed E-state index contributed by atoms with van der Waals surface area (Å²) in [6, 6.07) is 23.1. The average Bonchev–Trinajstić information content (AvgIpc) is 3.52. The summed E-state index contributed by atoms with van der Waals surface area (Å²) in [5, 5.41) is 8.44. The van der Waals surface area contributed by atoms with Crippen molar-refractivity contribution in [3.8, 4) is 28.3 Å². The van der Waals surface area contributed by atoms with E-state index in [-0.39, 0.29) is 5.91 Å². The summed E-state index contributed by atoms with van der Waals surface area (Å²) in [5.74, 6) is 0.913. The Bertz CT molecular complexity index is 1430. The molecule has 0 saturated carbocycles. The van der Waals surface area contributed by atoms with Gasteiger partial charge in [-0.15, -0.1) is 11.3 Å². The van der Waals surface area contributed by atoms with Gasteiger partial charge in [0.1, 0.15) is 5.01 Å². The van der Waals surface area contributed by atoms with E-state index in [0.29, 0.717) is 29.3 Å². The summed E-state index contributed by atoms with van der Waals surface area (Å²) in [7, 11) is 3.17. The quantitative estimate of drug-likeness (QED) is 0.358. The lowest BCUT2D eigenvalue weighted by molar-refractivity contribution is 0.0946. The molecule has 0 unspecified atom stereocenters. The van der Waals surface area contributed by atoms with E-state index in [4.69, 9.17) is 9.47 Å². The van der Waals surface area contributed by atoms with Crippen molar-refractivity contribution in [2.75, 3.05) is 14.2 Å². The maximum atomic E-state index is 13.3. The topological polar surface area (TPSA) is 78.3 Å². The summed E-state index contributed by atoms with van der Waals surface area (Å²) in [6.07, 6.45) is 1.85. The van der Waals surface area contributed by atoms with Gasteiger partial charge in [0, 0.05) is 11.8 Å². The van der Waals surface area contributed by atoms with Gasteiger partial charge in [-0.25, -0.2) is 9.67 Å². The minimum Gasteiger partial charge on any atom is -0.493 e. The third kappa shape index (κ3) is 4.23. The van der Waals surface area contributed by atoms with E-state index in [2.05, 4.69) is 15.4 Å². The first kappa shape index (κ1) is 21.7. The molecule has 0 fully saturated rings. The molecule has 2 aromatic heterocycles. The third-order valence-electron chi connectivity index (χ3n) is 5.38. The zero-order valence-corrected chi connectivity index (χ0v) is 19.5. The van der Waals surface area contributed by atoms with Gasteiger partial charge in [-0.1, -0.05) is 36.4 Å². The van der Waals surface area contributed by atoms with Crippen LogP contribution in [0.2, 0.25) is 0 Å². The Kier molecular flexibility index (Phi) is 5.97. The number of nitrogens with one attached hydrogen (secondary N) is 1. The predicted octanol–water partition coefficient (Wildman–Crippen LogP) is 5.10. The molecule has 1 amide bonds. The van der Waals surface area contributed by atoms with E-state index in [9.17, 15) is 4.79 Å². The number of methoxy groups -OCH3 is 2. The molecule has 7 nitrogen and oxygen atoms in total. The molecule has 0 aliphatic rings. The van der Waals surface area contributed by atoms with Gasteiger partial charge in [0.05, 0.1) is 36.7 Å². The normalized spacial score (nSPS) is 10.9. The maximum Gasteiger partial charge on any atom is 0.272 e. The van der Waals surface area contributed by atoms with Crippen molar-refractivity contribution in [1.82, 2.24) is 20.1 Å². The molecule has 3 aromatic carbocycles. The first-order valence-electron chi connectivity index (χ1n) is 10.7. The van der Waals surface area contributed by atoms with Gasteiger partial charge in [-0.3, -0.25) is 4.79 Å². The van der Waals surface area contributed by atoms with Crippen molar-refractivity contribution in [2.24, 2.45) is 0 Å². The van der Waals surface area contributed by atoms with Crippen LogP contribution in [0.4, 0.5) is 0 Å². The van der Waals surface area contributed by atoms with Crippen LogP contribution < -0.4 is 14.8 Å². The molecule has 0 bridgehead atoms. The number of carbonyl (C=O) groups excluding carboxylic acids is 1. The van der Waals surface area contributed by atoms with E-state index < -0.39 is 0 Å². The second-order valence-corrected chi connectivity index (χ2v) is 8.61. The highest BCUT2D eigenvalue weighted by atomic mass is 32.1. The molecule has 34 heavy (non-hydrogen) atoms. The Morgan fingerprint density at radius 3 is 2.50 bits per heavy atom. The number of benzene rings is 3. The fraction of sp³-hybridized carbons (Fsp3) is 0.115. The molecule has 170 valence electrons. The molecule has 0 aliphatic heterocycles. The number of fused-ring (bicyclic) bond motifs is 1. The van der Waals surface area contributed by atoms with Crippen molar-refractivity contribution in [3.63, 3.8) is 0 Å². The highest BCUT2D eigenvalue weighted by Gasteiger charge is 2.20. The van der Waals surface area contributed by atoms with Crippen LogP contribution in [0.5, 0.6) is 11.5 Å². The minimum absolute atomic E-state index is 0.279. The van der Waals surface area contributed by atoms with Gasteiger partial charge >= 0.3 is 0 Å². The molecule has 5 aromatic rings. The van der Waals surface area contributed by atoms with Crippen LogP contribution in [0.25, 0.3) is 27.0 Å². The van der Waals surface area contributed by atoms with Gasteiger partial charge in [0.25, 0.3) is 5.91 Å². The number of carbonyl (C=O) groups is 1. The maximum absolute atomic E-state index is 13.3. The fourth-order valence-corrected chi connectivity index (χ4v) is 4.61. The van der Waals surface area contributed by atoms with Crippen molar-refractivity contribution >= 4 is 27.5 Å². The monoisotopic (exact) mass is 470 g/mol. The molecule has 1 N–H and O–H groups in total. The summed E-state index contributed by atoms with van der Waals surface area (Å²) >= 11 is 1.56. The largest absolute Gasteiger partial charge is 0.493 e. The van der Waals surface area contributed by atoms with Crippen LogP contribution >= 0.6 is 11.3 Å². The van der Waals surface area contributed by atoms with Crippen molar-refractivity contribution in [3.05, 3.63) is 89.7 Å². The molecule has 5 rings (SSSR count). The van der Waals surface area contributed by atoms with Crippen molar-refractivity contribution in [2.45, 2.75) is 6.54 Å². The third-order valence-corrected chi connectivity index (χ3v) is 6.42. The van der Waals surface area contributed by atoms with Crippen molar-refractivity contribution in [1.29, 1.82) is 0 Å². The van der Waals surface area contributed by atoms with Gasteiger partial charge in [0.15, 0.2) is 17.2 Å². The molecule has 0 aliphatic carbocycles. The molecule has 0 spiro atoms. The summed E-state index contributed by atoms with van der Waals surface area (Å²) in [5.41, 5.74) is 3.58. The lowest BCUT2D eigenvalue weighted by Crippen LogP contribution is -2.24. The number of thiazole rings is 1. The Morgan fingerprint density at radius 2 is 1.74 bits per heavy atom. The summed E-state index contributed by atoms with van der Waals surface area (Å²) < 4.78 is 13.6. The first-order chi connectivity index (χ1) is 16.7. The van der Waals surface area contributed by atoms with E-state index in [1.165, 1.54) is 0 Å². The number of hydrogen-bond donors (Lipinski definition) is 1. The highest BCUT2D eigenvalue weighted by molar-refractivity contribution is 7.18. The van der Waals surface area contributed by atoms with Gasteiger partial charge in [-0.2, -0.15) is 5.10 Å². The van der Waals surface area contributed by atoms with Crippen LogP contribution in [-0.2, 0) is 6.54 Å². The summed E-state index contributed by atoms with van der Waals surface area (Å²) in [6.45, 7) is 0.321. The van der Waals surface area contributed by atoms with E-state index >= 15 is 0 Å². The number of hydrogen-bond acceptors (Lipinski definition) is 6. The van der Waals surface area contributed by atoms with Crippen LogP contribution in [-0.4, -0.2) is 34.9 Å². The van der Waals surface area contributed by atoms with Crippen LogP contribution in [0, 0.1) is 0 Å². The van der Waals surface area contributed by atoms with Crippen LogP contribution in [0.15, 0.2) is 79.0 Å². The number of nitrogens with zero attached hydrogens (tertiary/aromatic N) is 3. The Morgan fingerprint density at radius 1 is 0.971 bits per heavy atom. The van der Waals surface area contributed by atoms with E-state index in [1.54, 1.807) is 30.2 Å². The van der Waals surface area contributed by atoms with Gasteiger partial charge < -0.3 is 14.8 Å². The summed E-state index contributed by atoms with van der Waals surface area (Å²) in [4.78, 5) is 17.9. The average molecular weight is 471 g/mol.